The minimum absolute atomic E-state index is 0.0753. The van der Waals surface area contributed by atoms with Gasteiger partial charge in [0.15, 0.2) is 0 Å². The van der Waals surface area contributed by atoms with E-state index in [-0.39, 0.29) is 17.4 Å². The number of amides is 2. The summed E-state index contributed by atoms with van der Waals surface area (Å²) in [6.07, 6.45) is 0. The van der Waals surface area contributed by atoms with Crippen molar-refractivity contribution in [2.45, 2.75) is 26.8 Å². The highest BCUT2D eigenvalue weighted by Gasteiger charge is 2.35. The summed E-state index contributed by atoms with van der Waals surface area (Å²) in [4.78, 5) is 28.4. The second-order valence-electron chi connectivity index (χ2n) is 6.20. The number of halogens is 1. The molecular formula is C17H23FN2O3. The molecule has 0 N–H and O–H groups in total. The molecule has 0 bridgehead atoms. The number of carbonyl (C=O) groups excluding carboxylic acids is 2. The SMILES string of the molecule is COc1ccc(F)cc1C(=O)N1CCN(CC(C)C)C(=O)C1C. The lowest BCUT2D eigenvalue weighted by Gasteiger charge is -2.40. The first kappa shape index (κ1) is 17.2. The molecule has 1 aliphatic rings. The number of hydrogen-bond donors (Lipinski definition) is 0. The molecule has 1 aromatic carbocycles. The van der Waals surface area contributed by atoms with Crippen molar-refractivity contribution in [2.75, 3.05) is 26.7 Å². The lowest BCUT2D eigenvalue weighted by Crippen LogP contribution is -2.58. The molecule has 126 valence electrons. The van der Waals surface area contributed by atoms with E-state index in [1.54, 1.807) is 11.8 Å². The van der Waals surface area contributed by atoms with Crippen molar-refractivity contribution in [3.05, 3.63) is 29.6 Å². The summed E-state index contributed by atoms with van der Waals surface area (Å²) >= 11 is 0. The Hall–Kier alpha value is -2.11. The van der Waals surface area contributed by atoms with E-state index in [0.717, 1.165) is 6.07 Å². The number of piperazine rings is 1. The second-order valence-corrected chi connectivity index (χ2v) is 6.20. The molecule has 1 aliphatic heterocycles. The fourth-order valence-electron chi connectivity index (χ4n) is 2.83. The number of nitrogens with zero attached hydrogens (tertiary/aromatic N) is 2. The number of rotatable bonds is 4. The van der Waals surface area contributed by atoms with Gasteiger partial charge in [0.2, 0.25) is 5.91 Å². The van der Waals surface area contributed by atoms with Gasteiger partial charge in [0.25, 0.3) is 5.91 Å². The van der Waals surface area contributed by atoms with Gasteiger partial charge in [-0.05, 0) is 31.0 Å². The van der Waals surface area contributed by atoms with Gasteiger partial charge in [-0.2, -0.15) is 0 Å². The molecule has 2 amide bonds. The number of carbonyl (C=O) groups is 2. The average molecular weight is 322 g/mol. The smallest absolute Gasteiger partial charge is 0.258 e. The fourth-order valence-corrected chi connectivity index (χ4v) is 2.83. The highest BCUT2D eigenvalue weighted by molar-refractivity contribution is 6.00. The molecule has 0 radical (unpaired) electrons. The first-order valence-electron chi connectivity index (χ1n) is 7.78. The van der Waals surface area contributed by atoms with Crippen molar-refractivity contribution in [3.63, 3.8) is 0 Å². The van der Waals surface area contributed by atoms with E-state index in [0.29, 0.717) is 31.3 Å². The molecule has 1 unspecified atom stereocenters. The summed E-state index contributed by atoms with van der Waals surface area (Å²) in [6.45, 7) is 7.40. The Labute approximate surface area is 136 Å². The van der Waals surface area contributed by atoms with Gasteiger partial charge in [0, 0.05) is 19.6 Å². The summed E-state index contributed by atoms with van der Waals surface area (Å²) in [7, 11) is 1.43. The third kappa shape index (κ3) is 3.63. The van der Waals surface area contributed by atoms with E-state index in [9.17, 15) is 14.0 Å². The fraction of sp³-hybridized carbons (Fsp3) is 0.529. The number of hydrogen-bond acceptors (Lipinski definition) is 3. The summed E-state index contributed by atoms with van der Waals surface area (Å²) in [5.74, 6) is -0.288. The van der Waals surface area contributed by atoms with E-state index in [1.165, 1.54) is 24.1 Å². The molecule has 23 heavy (non-hydrogen) atoms. The monoisotopic (exact) mass is 322 g/mol. The minimum atomic E-state index is -0.567. The molecule has 1 heterocycles. The third-order valence-corrected chi connectivity index (χ3v) is 3.99. The van der Waals surface area contributed by atoms with Gasteiger partial charge in [-0.3, -0.25) is 9.59 Å². The van der Waals surface area contributed by atoms with E-state index in [2.05, 4.69) is 0 Å². The number of ether oxygens (including phenoxy) is 1. The highest BCUT2D eigenvalue weighted by atomic mass is 19.1. The third-order valence-electron chi connectivity index (χ3n) is 3.99. The molecule has 1 fully saturated rings. The Kier molecular flexibility index (Phi) is 5.23. The van der Waals surface area contributed by atoms with Crippen LogP contribution in [0, 0.1) is 11.7 Å². The Bertz CT molecular complexity index is 604. The maximum Gasteiger partial charge on any atom is 0.258 e. The van der Waals surface area contributed by atoms with Crippen LogP contribution >= 0.6 is 0 Å². The predicted octanol–water partition coefficient (Wildman–Crippen LogP) is 2.16. The van der Waals surface area contributed by atoms with E-state index in [1.807, 2.05) is 13.8 Å². The largest absolute Gasteiger partial charge is 0.496 e. The van der Waals surface area contributed by atoms with Crippen LogP contribution in [0.3, 0.4) is 0 Å². The summed E-state index contributed by atoms with van der Waals surface area (Å²) in [5, 5.41) is 0. The van der Waals surface area contributed by atoms with E-state index >= 15 is 0 Å². The first-order valence-corrected chi connectivity index (χ1v) is 7.78. The first-order chi connectivity index (χ1) is 10.8. The van der Waals surface area contributed by atoms with Crippen molar-refractivity contribution in [3.8, 4) is 5.75 Å². The van der Waals surface area contributed by atoms with E-state index < -0.39 is 11.9 Å². The number of methoxy groups -OCH3 is 1. The zero-order chi connectivity index (χ0) is 17.1. The highest BCUT2D eigenvalue weighted by Crippen LogP contribution is 2.24. The average Bonchev–Trinajstić information content (AvgIpc) is 2.51. The van der Waals surface area contributed by atoms with Gasteiger partial charge in [-0.25, -0.2) is 4.39 Å². The molecule has 0 aromatic heterocycles. The maximum atomic E-state index is 13.5. The quantitative estimate of drug-likeness (QED) is 0.853. The van der Waals surface area contributed by atoms with Crippen LogP contribution in [0.2, 0.25) is 0 Å². The number of benzene rings is 1. The molecule has 1 aromatic rings. The van der Waals surface area contributed by atoms with Crippen LogP contribution in [0.5, 0.6) is 5.75 Å². The van der Waals surface area contributed by atoms with Crippen molar-refractivity contribution in [1.29, 1.82) is 0 Å². The van der Waals surface area contributed by atoms with Gasteiger partial charge in [-0.15, -0.1) is 0 Å². The zero-order valence-electron chi connectivity index (χ0n) is 14.0. The minimum Gasteiger partial charge on any atom is -0.496 e. The van der Waals surface area contributed by atoms with E-state index in [4.69, 9.17) is 4.74 Å². The summed E-state index contributed by atoms with van der Waals surface area (Å²) < 4.78 is 18.6. The van der Waals surface area contributed by atoms with Gasteiger partial charge in [0.1, 0.15) is 17.6 Å². The van der Waals surface area contributed by atoms with Crippen LogP contribution in [0.1, 0.15) is 31.1 Å². The van der Waals surface area contributed by atoms with Crippen molar-refractivity contribution in [1.82, 2.24) is 9.80 Å². The molecule has 6 heteroatoms. The Morgan fingerprint density at radius 1 is 1.39 bits per heavy atom. The van der Waals surface area contributed by atoms with Gasteiger partial charge in [0.05, 0.1) is 12.7 Å². The van der Waals surface area contributed by atoms with Crippen LogP contribution in [-0.2, 0) is 4.79 Å². The summed E-state index contributed by atoms with van der Waals surface area (Å²) in [6, 6.07) is 3.25. The van der Waals surface area contributed by atoms with Crippen LogP contribution in [-0.4, -0.2) is 54.4 Å². The Morgan fingerprint density at radius 3 is 2.70 bits per heavy atom. The molecule has 2 rings (SSSR count). The molecule has 0 aliphatic carbocycles. The van der Waals surface area contributed by atoms with Gasteiger partial charge in [-0.1, -0.05) is 13.8 Å². The normalized spacial score (nSPS) is 18.5. The summed E-state index contributed by atoms with van der Waals surface area (Å²) in [5.41, 5.74) is 0.143. The lowest BCUT2D eigenvalue weighted by atomic mass is 10.1. The van der Waals surface area contributed by atoms with Crippen LogP contribution in [0.4, 0.5) is 4.39 Å². The topological polar surface area (TPSA) is 49.9 Å². The van der Waals surface area contributed by atoms with Gasteiger partial charge >= 0.3 is 0 Å². The zero-order valence-corrected chi connectivity index (χ0v) is 14.0. The standard InChI is InChI=1S/C17H23FN2O3/c1-11(2)10-19-7-8-20(12(3)16(19)21)17(22)14-9-13(18)5-6-15(14)23-4/h5-6,9,11-12H,7-8,10H2,1-4H3. The molecule has 5 nitrogen and oxygen atoms in total. The molecule has 1 atom stereocenters. The Morgan fingerprint density at radius 2 is 2.09 bits per heavy atom. The molecule has 0 spiro atoms. The lowest BCUT2D eigenvalue weighted by molar-refractivity contribution is -0.140. The molecular weight excluding hydrogens is 299 g/mol. The Balaban J connectivity index is 2.21. The maximum absolute atomic E-state index is 13.5. The van der Waals surface area contributed by atoms with Crippen molar-refractivity contribution < 1.29 is 18.7 Å². The van der Waals surface area contributed by atoms with Crippen LogP contribution < -0.4 is 4.74 Å². The second kappa shape index (κ2) is 6.98. The molecule has 0 saturated carbocycles. The van der Waals surface area contributed by atoms with Crippen molar-refractivity contribution in [2.24, 2.45) is 5.92 Å². The van der Waals surface area contributed by atoms with Crippen LogP contribution in [0.15, 0.2) is 18.2 Å². The van der Waals surface area contributed by atoms with Crippen molar-refractivity contribution >= 4 is 11.8 Å². The van der Waals surface area contributed by atoms with Gasteiger partial charge < -0.3 is 14.5 Å². The molecule has 1 saturated heterocycles. The van der Waals surface area contributed by atoms with Crippen LogP contribution in [0.25, 0.3) is 0 Å². The predicted molar refractivity (Wildman–Crippen MR) is 84.9 cm³/mol.